The molecule has 1 aliphatic carbocycles. The van der Waals surface area contributed by atoms with Crippen LogP contribution in [0.25, 0.3) is 0 Å². The Balaban J connectivity index is 1.89. The quantitative estimate of drug-likeness (QED) is 0.901. The largest absolute Gasteiger partial charge is 0.378 e. The second-order valence-electron chi connectivity index (χ2n) is 5.75. The van der Waals surface area contributed by atoms with Crippen LogP contribution < -0.4 is 11.1 Å². The molecular weight excluding hydrogens is 312 g/mol. The Hall–Kier alpha value is -1.32. The highest BCUT2D eigenvalue weighted by molar-refractivity contribution is 9.10. The van der Waals surface area contributed by atoms with Gasteiger partial charge in [-0.05, 0) is 54.7 Å². The zero-order chi connectivity index (χ0) is 14.2. The van der Waals surface area contributed by atoms with E-state index in [-0.39, 0.29) is 5.54 Å². The van der Waals surface area contributed by atoms with Gasteiger partial charge in [0.05, 0.1) is 5.54 Å². The first kappa shape index (κ1) is 13.7. The van der Waals surface area contributed by atoms with Crippen molar-refractivity contribution in [3.8, 4) is 0 Å². The molecule has 0 aliphatic heterocycles. The predicted octanol–water partition coefficient (Wildman–Crippen LogP) is 3.67. The third kappa shape index (κ3) is 2.60. The molecule has 2 aromatic carbocycles. The molecule has 3 rings (SSSR count). The van der Waals surface area contributed by atoms with Gasteiger partial charge in [0.2, 0.25) is 0 Å². The fraction of sp³-hybridized carbons (Fsp3) is 0.294. The van der Waals surface area contributed by atoms with Crippen LogP contribution in [-0.4, -0.2) is 12.1 Å². The molecule has 0 spiro atoms. The molecule has 2 nitrogen and oxygen atoms in total. The zero-order valence-electron chi connectivity index (χ0n) is 11.6. The lowest BCUT2D eigenvalue weighted by atomic mass is 9.95. The van der Waals surface area contributed by atoms with E-state index >= 15 is 0 Å². The standard InChI is InChI=1S/C17H19BrN2/c1-12-6-15(18)8-16(7-12)20-17(11-19)9-13-4-2-3-5-14(13)10-17/h2-8,20H,9-11,19H2,1H3. The Morgan fingerprint density at radius 1 is 1.15 bits per heavy atom. The van der Waals surface area contributed by atoms with Crippen LogP contribution in [0.3, 0.4) is 0 Å². The molecule has 0 unspecified atom stereocenters. The van der Waals surface area contributed by atoms with Crippen molar-refractivity contribution in [3.05, 3.63) is 63.6 Å². The van der Waals surface area contributed by atoms with Crippen molar-refractivity contribution >= 4 is 21.6 Å². The molecule has 0 fully saturated rings. The van der Waals surface area contributed by atoms with Crippen LogP contribution in [0, 0.1) is 6.92 Å². The van der Waals surface area contributed by atoms with E-state index in [1.165, 1.54) is 16.7 Å². The maximum atomic E-state index is 6.10. The molecule has 0 heterocycles. The summed E-state index contributed by atoms with van der Waals surface area (Å²) in [6.45, 7) is 2.74. The number of halogens is 1. The Morgan fingerprint density at radius 3 is 2.35 bits per heavy atom. The van der Waals surface area contributed by atoms with E-state index < -0.39 is 0 Å². The minimum atomic E-state index is -0.0586. The Labute approximate surface area is 128 Å². The average molecular weight is 331 g/mol. The number of anilines is 1. The molecule has 2 aromatic rings. The summed E-state index contributed by atoms with van der Waals surface area (Å²) in [5, 5.41) is 3.68. The van der Waals surface area contributed by atoms with Crippen LogP contribution in [0.2, 0.25) is 0 Å². The van der Waals surface area contributed by atoms with Crippen molar-refractivity contribution in [1.29, 1.82) is 0 Å². The lowest BCUT2D eigenvalue weighted by Gasteiger charge is -2.30. The van der Waals surface area contributed by atoms with E-state index in [0.29, 0.717) is 6.54 Å². The molecule has 1 aliphatic rings. The normalized spacial score (nSPS) is 15.9. The van der Waals surface area contributed by atoms with E-state index in [9.17, 15) is 0 Å². The molecular formula is C17H19BrN2. The van der Waals surface area contributed by atoms with Gasteiger partial charge in [-0.2, -0.15) is 0 Å². The SMILES string of the molecule is Cc1cc(Br)cc(NC2(CN)Cc3ccccc3C2)c1. The lowest BCUT2D eigenvalue weighted by molar-refractivity contribution is 0.504. The summed E-state index contributed by atoms with van der Waals surface area (Å²) in [5.41, 5.74) is 11.2. The van der Waals surface area contributed by atoms with Gasteiger partial charge in [-0.1, -0.05) is 40.2 Å². The topological polar surface area (TPSA) is 38.0 Å². The number of fused-ring (bicyclic) bond motifs is 1. The number of rotatable bonds is 3. The first-order valence-corrected chi connectivity index (χ1v) is 7.72. The molecule has 3 heteroatoms. The van der Waals surface area contributed by atoms with Gasteiger partial charge in [0.15, 0.2) is 0 Å². The van der Waals surface area contributed by atoms with Crippen LogP contribution >= 0.6 is 15.9 Å². The fourth-order valence-corrected chi connectivity index (χ4v) is 3.70. The Bertz CT molecular complexity index is 591. The third-order valence-corrected chi connectivity index (χ3v) is 4.48. The molecule has 20 heavy (non-hydrogen) atoms. The second kappa shape index (κ2) is 5.23. The number of aryl methyl sites for hydroxylation is 1. The van der Waals surface area contributed by atoms with Crippen molar-refractivity contribution in [3.63, 3.8) is 0 Å². The Kier molecular flexibility index (Phi) is 3.57. The first-order valence-electron chi connectivity index (χ1n) is 6.92. The minimum Gasteiger partial charge on any atom is -0.378 e. The van der Waals surface area contributed by atoms with Gasteiger partial charge < -0.3 is 11.1 Å². The van der Waals surface area contributed by atoms with Crippen molar-refractivity contribution in [1.82, 2.24) is 0 Å². The molecule has 0 bridgehead atoms. The number of benzene rings is 2. The number of hydrogen-bond donors (Lipinski definition) is 2. The molecule has 0 radical (unpaired) electrons. The summed E-state index contributed by atoms with van der Waals surface area (Å²) < 4.78 is 1.10. The van der Waals surface area contributed by atoms with Gasteiger partial charge in [0.25, 0.3) is 0 Å². The second-order valence-corrected chi connectivity index (χ2v) is 6.66. The summed E-state index contributed by atoms with van der Waals surface area (Å²) in [4.78, 5) is 0. The number of nitrogens with one attached hydrogen (secondary N) is 1. The van der Waals surface area contributed by atoms with Crippen LogP contribution in [-0.2, 0) is 12.8 Å². The highest BCUT2D eigenvalue weighted by Gasteiger charge is 2.35. The molecule has 0 aromatic heterocycles. The monoisotopic (exact) mass is 330 g/mol. The average Bonchev–Trinajstić information content (AvgIpc) is 2.76. The Morgan fingerprint density at radius 2 is 1.80 bits per heavy atom. The minimum absolute atomic E-state index is 0.0586. The van der Waals surface area contributed by atoms with E-state index in [2.05, 4.69) is 70.6 Å². The number of nitrogens with two attached hydrogens (primary N) is 1. The molecule has 0 saturated heterocycles. The van der Waals surface area contributed by atoms with Crippen molar-refractivity contribution in [2.24, 2.45) is 5.73 Å². The third-order valence-electron chi connectivity index (χ3n) is 4.02. The summed E-state index contributed by atoms with van der Waals surface area (Å²) in [7, 11) is 0. The van der Waals surface area contributed by atoms with Crippen molar-refractivity contribution in [2.45, 2.75) is 25.3 Å². The molecule has 104 valence electrons. The highest BCUT2D eigenvalue weighted by Crippen LogP contribution is 2.33. The molecule has 0 saturated carbocycles. The van der Waals surface area contributed by atoms with E-state index in [0.717, 1.165) is 23.0 Å². The van der Waals surface area contributed by atoms with Crippen molar-refractivity contribution in [2.75, 3.05) is 11.9 Å². The van der Waals surface area contributed by atoms with Gasteiger partial charge in [-0.25, -0.2) is 0 Å². The molecule has 0 atom stereocenters. The van der Waals surface area contributed by atoms with Crippen molar-refractivity contribution < 1.29 is 0 Å². The molecule has 0 amide bonds. The summed E-state index contributed by atoms with van der Waals surface area (Å²) in [6.07, 6.45) is 1.98. The van der Waals surface area contributed by atoms with Gasteiger partial charge in [0.1, 0.15) is 0 Å². The maximum Gasteiger partial charge on any atom is 0.0576 e. The number of hydrogen-bond acceptors (Lipinski definition) is 2. The van der Waals surface area contributed by atoms with Crippen LogP contribution in [0.1, 0.15) is 16.7 Å². The van der Waals surface area contributed by atoms with Crippen LogP contribution in [0.4, 0.5) is 5.69 Å². The molecule has 3 N–H and O–H groups in total. The van der Waals surface area contributed by atoms with Gasteiger partial charge >= 0.3 is 0 Å². The lowest BCUT2D eigenvalue weighted by Crippen LogP contribution is -2.46. The summed E-state index contributed by atoms with van der Waals surface area (Å²) in [5.74, 6) is 0. The zero-order valence-corrected chi connectivity index (χ0v) is 13.2. The van der Waals surface area contributed by atoms with E-state index in [4.69, 9.17) is 5.73 Å². The predicted molar refractivity (Wildman–Crippen MR) is 88.1 cm³/mol. The summed E-state index contributed by atoms with van der Waals surface area (Å²) >= 11 is 3.56. The summed E-state index contributed by atoms with van der Waals surface area (Å²) in [6, 6.07) is 15.0. The smallest absolute Gasteiger partial charge is 0.0576 e. The first-order chi connectivity index (χ1) is 9.60. The maximum absolute atomic E-state index is 6.10. The fourth-order valence-electron chi connectivity index (χ4n) is 3.09. The van der Waals surface area contributed by atoms with Gasteiger partial charge in [-0.15, -0.1) is 0 Å². The van der Waals surface area contributed by atoms with E-state index in [1.807, 2.05) is 0 Å². The highest BCUT2D eigenvalue weighted by atomic mass is 79.9. The van der Waals surface area contributed by atoms with Crippen LogP contribution in [0.5, 0.6) is 0 Å². The van der Waals surface area contributed by atoms with Gasteiger partial charge in [0, 0.05) is 16.7 Å². The van der Waals surface area contributed by atoms with Gasteiger partial charge in [-0.3, -0.25) is 0 Å². The van der Waals surface area contributed by atoms with Crippen LogP contribution in [0.15, 0.2) is 46.9 Å². The van der Waals surface area contributed by atoms with E-state index in [1.54, 1.807) is 0 Å².